The Labute approximate surface area is 433 Å². The lowest BCUT2D eigenvalue weighted by Crippen LogP contribution is -2.57. The first-order chi connectivity index (χ1) is 34.1. The number of nitrogens with zero attached hydrogens (tertiary/aromatic N) is 1. The second kappa shape index (κ2) is 38.4. The Kier molecular flexibility index (Phi) is 34.1. The summed E-state index contributed by atoms with van der Waals surface area (Å²) < 4.78 is 18.2. The van der Waals surface area contributed by atoms with Crippen molar-refractivity contribution in [3.05, 3.63) is 24.3 Å². The zero-order valence-electron chi connectivity index (χ0n) is 46.9. The summed E-state index contributed by atoms with van der Waals surface area (Å²) in [6.07, 6.45) is 54.8. The molecule has 0 aromatic rings. The third-order valence-electron chi connectivity index (χ3n) is 17.1. The predicted octanol–water partition coefficient (Wildman–Crippen LogP) is 18.0. The average Bonchev–Trinajstić information content (AvgIpc) is 3.32. The minimum atomic E-state index is -0.0681. The normalized spacial score (nSPS) is 21.8. The molecule has 4 aliphatic carbocycles. The molecule has 0 aliphatic heterocycles. The zero-order chi connectivity index (χ0) is 50.4. The molecule has 0 heterocycles. The highest BCUT2D eigenvalue weighted by molar-refractivity contribution is 5.70. The lowest BCUT2D eigenvalue weighted by molar-refractivity contribution is -0.182. The fraction of sp³-hybridized carbons (Fsp3) is 0.889. The van der Waals surface area contributed by atoms with Crippen LogP contribution in [0.25, 0.3) is 0 Å². The Morgan fingerprint density at radius 1 is 0.471 bits per heavy atom. The van der Waals surface area contributed by atoms with E-state index in [1.54, 1.807) is 0 Å². The van der Waals surface area contributed by atoms with E-state index in [9.17, 15) is 14.4 Å². The van der Waals surface area contributed by atoms with Crippen molar-refractivity contribution in [1.82, 2.24) is 4.90 Å². The van der Waals surface area contributed by atoms with Crippen molar-refractivity contribution < 1.29 is 28.6 Å². The van der Waals surface area contributed by atoms with Crippen LogP contribution in [0.15, 0.2) is 24.3 Å². The first-order valence-electron chi connectivity index (χ1n) is 30.6. The second-order valence-electron chi connectivity index (χ2n) is 23.4. The van der Waals surface area contributed by atoms with Crippen LogP contribution >= 0.6 is 0 Å². The van der Waals surface area contributed by atoms with E-state index in [1.807, 2.05) is 0 Å². The summed E-state index contributed by atoms with van der Waals surface area (Å²) in [7, 11) is 0. The quantitative estimate of drug-likeness (QED) is 0.0260. The highest BCUT2D eigenvalue weighted by Gasteiger charge is 2.62. The Morgan fingerprint density at radius 2 is 0.857 bits per heavy atom. The summed E-state index contributed by atoms with van der Waals surface area (Å²) in [5.41, 5.74) is 0.357. The molecule has 4 fully saturated rings. The van der Waals surface area contributed by atoms with Gasteiger partial charge in [0, 0.05) is 19.3 Å². The van der Waals surface area contributed by atoms with Crippen LogP contribution in [0.3, 0.4) is 0 Å². The SMILES string of the molecule is CCCCC/C=C\C/C=C\CCCCCCCC(=O)OCC[C@@]12C[C@H]3C[C@@](CCOC(=O)CCCN(CC)CC)(C1)C[C@](CCOC(=O)CC(CCCCCCCCC)CCCCCCCCC)(C3)C2. The van der Waals surface area contributed by atoms with Crippen molar-refractivity contribution in [2.75, 3.05) is 39.5 Å². The van der Waals surface area contributed by atoms with Gasteiger partial charge in [-0.05, 0) is 163 Å². The standard InChI is InChI=1S/C63H113NO6/c1-6-11-14-17-20-21-22-23-24-25-26-27-30-33-36-40-58(65)68-46-42-61-50-57-51-62(53-61,43-47-69-59(66)41-37-45-64(9-4)10-5)55-63(52-57,54-61)44-48-70-60(67)49-56(38-34-31-28-18-15-12-7-2)39-35-32-29-19-16-13-8-3/h20-21,23-24,56-57H,6-19,22,25-55H2,1-5H3/b21-20-,24-23-/t57-,61+,62-,63+/m0/s1. The Morgan fingerprint density at radius 3 is 1.33 bits per heavy atom. The third kappa shape index (κ3) is 27.2. The molecule has 4 rings (SSSR count). The van der Waals surface area contributed by atoms with Crippen molar-refractivity contribution in [3.63, 3.8) is 0 Å². The van der Waals surface area contributed by atoms with Gasteiger partial charge >= 0.3 is 17.9 Å². The van der Waals surface area contributed by atoms with Gasteiger partial charge in [0.25, 0.3) is 0 Å². The number of ether oxygens (including phenoxy) is 3. The molecule has 4 aliphatic rings. The predicted molar refractivity (Wildman–Crippen MR) is 295 cm³/mol. The van der Waals surface area contributed by atoms with E-state index in [4.69, 9.17) is 14.2 Å². The zero-order valence-corrected chi connectivity index (χ0v) is 46.9. The lowest BCUT2D eigenvalue weighted by Gasteiger charge is -2.67. The fourth-order valence-electron chi connectivity index (χ4n) is 13.7. The highest BCUT2D eigenvalue weighted by Crippen LogP contribution is 2.72. The van der Waals surface area contributed by atoms with Crippen LogP contribution < -0.4 is 0 Å². The minimum absolute atomic E-state index is 0.00830. The maximum Gasteiger partial charge on any atom is 0.306 e. The van der Waals surface area contributed by atoms with Crippen LogP contribution in [0.5, 0.6) is 0 Å². The summed E-state index contributed by atoms with van der Waals surface area (Å²) in [5, 5.41) is 0. The molecule has 4 bridgehead atoms. The fourth-order valence-corrected chi connectivity index (χ4v) is 13.7. The van der Waals surface area contributed by atoms with Gasteiger partial charge in [0.15, 0.2) is 0 Å². The van der Waals surface area contributed by atoms with Crippen LogP contribution in [0.1, 0.15) is 291 Å². The van der Waals surface area contributed by atoms with Gasteiger partial charge < -0.3 is 19.1 Å². The van der Waals surface area contributed by atoms with E-state index in [0.717, 1.165) is 103 Å². The van der Waals surface area contributed by atoms with Gasteiger partial charge in [-0.3, -0.25) is 14.4 Å². The number of hydrogen-bond acceptors (Lipinski definition) is 7. The average molecular weight is 981 g/mol. The molecule has 0 N–H and O–H groups in total. The van der Waals surface area contributed by atoms with Crippen molar-refractivity contribution in [1.29, 1.82) is 0 Å². The molecule has 70 heavy (non-hydrogen) atoms. The van der Waals surface area contributed by atoms with E-state index in [0.29, 0.717) is 50.9 Å². The molecular formula is C63H113NO6. The summed E-state index contributed by atoms with van der Waals surface area (Å²) in [6.45, 7) is 15.6. The number of unbranched alkanes of at least 4 members (excludes halogenated alkanes) is 20. The maximum atomic E-state index is 13.6. The van der Waals surface area contributed by atoms with Crippen molar-refractivity contribution in [2.24, 2.45) is 28.1 Å². The lowest BCUT2D eigenvalue weighted by atomic mass is 9.38. The molecule has 7 heteroatoms. The molecule has 0 aromatic carbocycles. The van der Waals surface area contributed by atoms with Crippen LogP contribution in [0, 0.1) is 28.1 Å². The van der Waals surface area contributed by atoms with Gasteiger partial charge in [0.1, 0.15) is 0 Å². The Balaban J connectivity index is 1.51. The first-order valence-corrected chi connectivity index (χ1v) is 30.6. The second-order valence-corrected chi connectivity index (χ2v) is 23.4. The molecule has 0 aromatic heterocycles. The van der Waals surface area contributed by atoms with Gasteiger partial charge in [-0.1, -0.05) is 181 Å². The van der Waals surface area contributed by atoms with E-state index in [-0.39, 0.29) is 34.2 Å². The van der Waals surface area contributed by atoms with Gasteiger partial charge in [0.2, 0.25) is 0 Å². The highest BCUT2D eigenvalue weighted by atomic mass is 16.5. The Bertz CT molecular complexity index is 1390. The van der Waals surface area contributed by atoms with E-state index in [2.05, 4.69) is 63.8 Å². The summed E-state index contributed by atoms with van der Waals surface area (Å²) in [4.78, 5) is 42.0. The van der Waals surface area contributed by atoms with Gasteiger partial charge in [-0.15, -0.1) is 0 Å². The maximum absolute atomic E-state index is 13.6. The molecular weight excluding hydrogens is 867 g/mol. The van der Waals surface area contributed by atoms with Crippen LogP contribution in [-0.4, -0.2) is 62.3 Å². The van der Waals surface area contributed by atoms with Gasteiger partial charge in [0.05, 0.1) is 19.8 Å². The number of carbonyl (C=O) groups excluding carboxylic acids is 3. The summed E-state index contributed by atoms with van der Waals surface area (Å²) in [5.74, 6) is 0.948. The molecule has 0 radical (unpaired) electrons. The minimum Gasteiger partial charge on any atom is -0.466 e. The number of allylic oxidation sites excluding steroid dienone is 4. The van der Waals surface area contributed by atoms with Crippen LogP contribution in [-0.2, 0) is 28.6 Å². The van der Waals surface area contributed by atoms with Gasteiger partial charge in [-0.2, -0.15) is 0 Å². The Hall–Kier alpha value is -2.15. The number of hydrogen-bond donors (Lipinski definition) is 0. The molecule has 4 atom stereocenters. The molecule has 7 nitrogen and oxygen atoms in total. The summed E-state index contributed by atoms with van der Waals surface area (Å²) >= 11 is 0. The van der Waals surface area contributed by atoms with Crippen molar-refractivity contribution in [3.8, 4) is 0 Å². The number of rotatable bonds is 47. The molecule has 0 amide bonds. The monoisotopic (exact) mass is 980 g/mol. The number of esters is 3. The molecule has 0 unspecified atom stereocenters. The summed E-state index contributed by atoms with van der Waals surface area (Å²) in [6, 6.07) is 0. The largest absolute Gasteiger partial charge is 0.466 e. The van der Waals surface area contributed by atoms with E-state index in [1.165, 1.54) is 154 Å². The molecule has 0 spiro atoms. The smallest absolute Gasteiger partial charge is 0.306 e. The molecule has 0 saturated heterocycles. The van der Waals surface area contributed by atoms with Crippen LogP contribution in [0.2, 0.25) is 0 Å². The van der Waals surface area contributed by atoms with Crippen molar-refractivity contribution >= 4 is 17.9 Å². The van der Waals surface area contributed by atoms with E-state index >= 15 is 0 Å². The first kappa shape index (κ1) is 62.1. The van der Waals surface area contributed by atoms with E-state index < -0.39 is 0 Å². The van der Waals surface area contributed by atoms with Gasteiger partial charge in [-0.25, -0.2) is 0 Å². The van der Waals surface area contributed by atoms with Crippen molar-refractivity contribution in [2.45, 2.75) is 291 Å². The topological polar surface area (TPSA) is 82.1 Å². The number of carbonyl (C=O) groups is 3. The van der Waals surface area contributed by atoms with Crippen LogP contribution in [0.4, 0.5) is 0 Å². The molecule has 406 valence electrons. The third-order valence-corrected chi connectivity index (χ3v) is 17.1. The molecule has 4 saturated carbocycles.